The predicted octanol–water partition coefficient (Wildman–Crippen LogP) is 3.70. The van der Waals surface area contributed by atoms with Crippen molar-refractivity contribution in [2.75, 3.05) is 5.32 Å². The number of aromatic nitrogens is 4. The second-order valence-electron chi connectivity index (χ2n) is 5.82. The maximum Gasteiger partial charge on any atom is 0.162 e. The first-order chi connectivity index (χ1) is 10.6. The number of rotatable bonds is 3. The van der Waals surface area contributed by atoms with E-state index >= 15 is 0 Å². The molecule has 3 heterocycles. The highest BCUT2D eigenvalue weighted by atomic mass is 35.5. The smallest absolute Gasteiger partial charge is 0.162 e. The number of nitrogens with one attached hydrogen (secondary N) is 1. The molecular weight excluding hydrogens is 298 g/mol. The zero-order valence-electron chi connectivity index (χ0n) is 12.0. The van der Waals surface area contributed by atoms with Crippen molar-refractivity contribution < 1.29 is 0 Å². The van der Waals surface area contributed by atoms with E-state index in [1.54, 1.807) is 18.6 Å². The van der Waals surface area contributed by atoms with Crippen molar-refractivity contribution in [2.45, 2.75) is 25.3 Å². The maximum atomic E-state index is 6.23. The lowest BCUT2D eigenvalue weighted by molar-refractivity contribution is 0.823. The first-order valence-corrected chi connectivity index (χ1v) is 7.53. The molecule has 0 aliphatic heterocycles. The molecule has 4 rings (SSSR count). The molecule has 0 aromatic carbocycles. The van der Waals surface area contributed by atoms with Crippen LogP contribution in [0.15, 0.2) is 36.8 Å². The van der Waals surface area contributed by atoms with E-state index in [1.165, 1.54) is 0 Å². The molecule has 0 saturated heterocycles. The van der Waals surface area contributed by atoms with E-state index in [4.69, 9.17) is 16.6 Å². The SMILES string of the molecule is CC1(Nc2nc(-c3ccncc3)nc3c(Cl)nccc23)CC1. The Kier molecular flexibility index (Phi) is 2.97. The van der Waals surface area contributed by atoms with E-state index in [1.807, 2.05) is 18.2 Å². The van der Waals surface area contributed by atoms with Crippen LogP contribution in [0.5, 0.6) is 0 Å². The number of hydrogen-bond acceptors (Lipinski definition) is 5. The summed E-state index contributed by atoms with van der Waals surface area (Å²) in [6.07, 6.45) is 7.41. The Morgan fingerprint density at radius 3 is 2.59 bits per heavy atom. The van der Waals surface area contributed by atoms with Crippen LogP contribution in [0.25, 0.3) is 22.3 Å². The molecule has 0 radical (unpaired) electrons. The molecule has 5 nitrogen and oxygen atoms in total. The summed E-state index contributed by atoms with van der Waals surface area (Å²) in [5.74, 6) is 1.43. The molecule has 1 fully saturated rings. The van der Waals surface area contributed by atoms with Crippen LogP contribution >= 0.6 is 11.6 Å². The number of nitrogens with zero attached hydrogens (tertiary/aromatic N) is 4. The largest absolute Gasteiger partial charge is 0.364 e. The first-order valence-electron chi connectivity index (χ1n) is 7.15. The second kappa shape index (κ2) is 4.88. The minimum absolute atomic E-state index is 0.118. The van der Waals surface area contributed by atoms with Crippen LogP contribution in [0.1, 0.15) is 19.8 Å². The van der Waals surface area contributed by atoms with Gasteiger partial charge in [0, 0.05) is 35.1 Å². The van der Waals surface area contributed by atoms with Crippen LogP contribution in [0.3, 0.4) is 0 Å². The molecule has 0 spiro atoms. The predicted molar refractivity (Wildman–Crippen MR) is 86.8 cm³/mol. The van der Waals surface area contributed by atoms with Crippen molar-refractivity contribution >= 4 is 28.3 Å². The molecule has 0 atom stereocenters. The average Bonchev–Trinajstić information content (AvgIpc) is 3.26. The molecule has 0 unspecified atom stereocenters. The highest BCUT2D eigenvalue weighted by Crippen LogP contribution is 2.39. The minimum atomic E-state index is 0.118. The maximum absolute atomic E-state index is 6.23. The van der Waals surface area contributed by atoms with Gasteiger partial charge in [-0.05, 0) is 38.0 Å². The minimum Gasteiger partial charge on any atom is -0.364 e. The molecule has 6 heteroatoms. The fraction of sp³-hybridized carbons (Fsp3) is 0.250. The van der Waals surface area contributed by atoms with Gasteiger partial charge in [0.2, 0.25) is 0 Å². The van der Waals surface area contributed by atoms with Gasteiger partial charge >= 0.3 is 0 Å². The summed E-state index contributed by atoms with van der Waals surface area (Å²) in [5.41, 5.74) is 1.69. The number of halogens is 1. The van der Waals surface area contributed by atoms with Crippen molar-refractivity contribution in [1.29, 1.82) is 0 Å². The molecule has 1 N–H and O–H groups in total. The van der Waals surface area contributed by atoms with E-state index in [0.717, 1.165) is 29.6 Å². The Morgan fingerprint density at radius 1 is 1.09 bits per heavy atom. The van der Waals surface area contributed by atoms with Crippen LogP contribution in [-0.2, 0) is 0 Å². The second-order valence-corrected chi connectivity index (χ2v) is 6.17. The van der Waals surface area contributed by atoms with Gasteiger partial charge in [-0.2, -0.15) is 0 Å². The normalized spacial score (nSPS) is 15.7. The van der Waals surface area contributed by atoms with E-state index in [-0.39, 0.29) is 5.54 Å². The standard InChI is InChI=1S/C16H14ClN5/c1-16(5-6-16)22-15-11-4-9-19-13(17)12(11)20-14(21-15)10-2-7-18-8-3-10/h2-4,7-9H,5-6H2,1H3,(H,20,21,22). The lowest BCUT2D eigenvalue weighted by atomic mass is 10.2. The molecule has 1 aliphatic carbocycles. The number of hydrogen-bond donors (Lipinski definition) is 1. The quantitative estimate of drug-likeness (QED) is 0.747. The Balaban J connectivity index is 1.93. The van der Waals surface area contributed by atoms with Gasteiger partial charge in [-0.15, -0.1) is 0 Å². The summed E-state index contributed by atoms with van der Waals surface area (Å²) in [6, 6.07) is 5.66. The van der Waals surface area contributed by atoms with Crippen LogP contribution < -0.4 is 5.32 Å². The van der Waals surface area contributed by atoms with E-state index in [9.17, 15) is 0 Å². The Bertz CT molecular complexity index is 846. The third-order valence-corrected chi connectivity index (χ3v) is 4.21. The van der Waals surface area contributed by atoms with Crippen molar-refractivity contribution in [3.63, 3.8) is 0 Å². The summed E-state index contributed by atoms with van der Waals surface area (Å²) in [7, 11) is 0. The molecule has 1 aliphatic rings. The number of pyridine rings is 2. The lowest BCUT2D eigenvalue weighted by Crippen LogP contribution is -2.17. The number of anilines is 1. The molecule has 110 valence electrons. The van der Waals surface area contributed by atoms with E-state index in [0.29, 0.717) is 16.5 Å². The Hall–Kier alpha value is -2.27. The van der Waals surface area contributed by atoms with Gasteiger partial charge in [-0.1, -0.05) is 11.6 Å². The van der Waals surface area contributed by atoms with E-state index in [2.05, 4.69) is 27.2 Å². The average molecular weight is 312 g/mol. The van der Waals surface area contributed by atoms with Crippen molar-refractivity contribution in [2.24, 2.45) is 0 Å². The van der Waals surface area contributed by atoms with Crippen LogP contribution in [0, 0.1) is 0 Å². The summed E-state index contributed by atoms with van der Waals surface area (Å²) >= 11 is 6.23. The molecule has 22 heavy (non-hydrogen) atoms. The molecule has 1 saturated carbocycles. The van der Waals surface area contributed by atoms with Gasteiger partial charge in [0.1, 0.15) is 11.3 Å². The van der Waals surface area contributed by atoms with Gasteiger partial charge in [0.05, 0.1) is 0 Å². The zero-order chi connectivity index (χ0) is 15.2. The Morgan fingerprint density at radius 2 is 1.86 bits per heavy atom. The van der Waals surface area contributed by atoms with Gasteiger partial charge in [0.25, 0.3) is 0 Å². The van der Waals surface area contributed by atoms with Gasteiger partial charge < -0.3 is 5.32 Å². The number of fused-ring (bicyclic) bond motifs is 1. The lowest BCUT2D eigenvalue weighted by Gasteiger charge is -2.15. The van der Waals surface area contributed by atoms with Gasteiger partial charge in [0.15, 0.2) is 11.0 Å². The zero-order valence-corrected chi connectivity index (χ0v) is 12.8. The highest BCUT2D eigenvalue weighted by molar-refractivity contribution is 6.34. The van der Waals surface area contributed by atoms with Crippen LogP contribution in [0.2, 0.25) is 5.15 Å². The fourth-order valence-corrected chi connectivity index (χ4v) is 2.55. The van der Waals surface area contributed by atoms with Crippen molar-refractivity contribution in [1.82, 2.24) is 19.9 Å². The third kappa shape index (κ3) is 2.37. The molecular formula is C16H14ClN5. The highest BCUT2D eigenvalue weighted by Gasteiger charge is 2.38. The molecule has 0 amide bonds. The molecule has 0 bridgehead atoms. The third-order valence-electron chi connectivity index (χ3n) is 3.93. The summed E-state index contributed by atoms with van der Waals surface area (Å²) < 4.78 is 0. The van der Waals surface area contributed by atoms with Crippen LogP contribution in [-0.4, -0.2) is 25.5 Å². The summed E-state index contributed by atoms with van der Waals surface area (Å²) in [5, 5.41) is 4.80. The summed E-state index contributed by atoms with van der Waals surface area (Å²) in [6.45, 7) is 2.19. The monoisotopic (exact) mass is 311 g/mol. The van der Waals surface area contributed by atoms with Gasteiger partial charge in [-0.3, -0.25) is 4.98 Å². The van der Waals surface area contributed by atoms with Crippen LogP contribution in [0.4, 0.5) is 5.82 Å². The summed E-state index contributed by atoms with van der Waals surface area (Å²) in [4.78, 5) is 17.4. The van der Waals surface area contributed by atoms with Crippen molar-refractivity contribution in [3.8, 4) is 11.4 Å². The van der Waals surface area contributed by atoms with E-state index < -0.39 is 0 Å². The Labute approximate surface area is 132 Å². The van der Waals surface area contributed by atoms with Crippen molar-refractivity contribution in [3.05, 3.63) is 41.9 Å². The topological polar surface area (TPSA) is 63.6 Å². The fourth-order valence-electron chi connectivity index (χ4n) is 2.35. The molecule has 3 aromatic rings. The van der Waals surface area contributed by atoms with Gasteiger partial charge in [-0.25, -0.2) is 15.0 Å². The molecule has 3 aromatic heterocycles. The first kappa shape index (κ1) is 13.4.